The number of rotatable bonds is 6. The summed E-state index contributed by atoms with van der Waals surface area (Å²) in [5.41, 5.74) is 4.52. The summed E-state index contributed by atoms with van der Waals surface area (Å²) in [6.45, 7) is 2.26. The number of aryl methyl sites for hydroxylation is 1. The number of nitrogens with zero attached hydrogens (tertiary/aromatic N) is 2. The van der Waals surface area contributed by atoms with E-state index < -0.39 is 0 Å². The second-order valence-corrected chi connectivity index (χ2v) is 7.49. The molecule has 0 aliphatic heterocycles. The van der Waals surface area contributed by atoms with Crippen LogP contribution in [0.2, 0.25) is 0 Å². The highest BCUT2D eigenvalue weighted by molar-refractivity contribution is 5.99. The summed E-state index contributed by atoms with van der Waals surface area (Å²) in [5, 5.41) is 8.47. The number of amides is 3. The van der Waals surface area contributed by atoms with Crippen LogP contribution in [0.1, 0.15) is 21.5 Å². The molecule has 0 saturated carbocycles. The van der Waals surface area contributed by atoms with Gasteiger partial charge in [-0.3, -0.25) is 4.79 Å². The van der Waals surface area contributed by atoms with Crippen LogP contribution in [-0.2, 0) is 6.54 Å². The molecule has 4 rings (SSSR count). The molecule has 1 heterocycles. The minimum Gasteiger partial charge on any atom is -0.348 e. The molecule has 0 atom stereocenters. The van der Waals surface area contributed by atoms with Crippen LogP contribution >= 0.6 is 0 Å². The normalized spacial score (nSPS) is 10.3. The van der Waals surface area contributed by atoms with E-state index in [2.05, 4.69) is 25.9 Å². The van der Waals surface area contributed by atoms with E-state index in [9.17, 15) is 9.59 Å². The SMILES string of the molecule is Cc1cccc(NC(=O)Nc2cccc(CNC(=O)c3cnc(-c4ccccc4)nc3)c2)c1. The summed E-state index contributed by atoms with van der Waals surface area (Å²) in [6, 6.07) is 24.1. The predicted octanol–water partition coefficient (Wildman–Crippen LogP) is 5.03. The number of anilines is 2. The van der Waals surface area contributed by atoms with Gasteiger partial charge < -0.3 is 16.0 Å². The lowest BCUT2D eigenvalue weighted by atomic mass is 10.2. The summed E-state index contributed by atoms with van der Waals surface area (Å²) in [4.78, 5) is 33.3. The molecule has 3 aromatic carbocycles. The van der Waals surface area contributed by atoms with E-state index in [1.165, 1.54) is 12.4 Å². The fourth-order valence-electron chi connectivity index (χ4n) is 3.24. The van der Waals surface area contributed by atoms with Gasteiger partial charge in [-0.15, -0.1) is 0 Å². The zero-order valence-electron chi connectivity index (χ0n) is 18.1. The van der Waals surface area contributed by atoms with Crippen molar-refractivity contribution in [3.05, 3.63) is 108 Å². The summed E-state index contributed by atoms with van der Waals surface area (Å²) < 4.78 is 0. The van der Waals surface area contributed by atoms with Gasteiger partial charge in [0.15, 0.2) is 5.82 Å². The Morgan fingerprint density at radius 3 is 2.15 bits per heavy atom. The number of hydrogen-bond donors (Lipinski definition) is 3. The third-order valence-electron chi connectivity index (χ3n) is 4.86. The van der Waals surface area contributed by atoms with Gasteiger partial charge in [-0.1, -0.05) is 54.6 Å². The maximum Gasteiger partial charge on any atom is 0.323 e. The first-order valence-corrected chi connectivity index (χ1v) is 10.5. The zero-order valence-corrected chi connectivity index (χ0v) is 18.1. The molecule has 0 unspecified atom stereocenters. The van der Waals surface area contributed by atoms with Gasteiger partial charge in [0, 0.05) is 35.9 Å². The third-order valence-corrected chi connectivity index (χ3v) is 4.86. The van der Waals surface area contributed by atoms with Gasteiger partial charge in [0.2, 0.25) is 0 Å². The molecule has 33 heavy (non-hydrogen) atoms. The van der Waals surface area contributed by atoms with Crippen LogP contribution in [-0.4, -0.2) is 21.9 Å². The summed E-state index contributed by atoms with van der Waals surface area (Å²) in [6.07, 6.45) is 3.02. The molecular formula is C26H23N5O2. The van der Waals surface area contributed by atoms with Crippen molar-refractivity contribution in [2.75, 3.05) is 10.6 Å². The molecule has 3 amide bonds. The van der Waals surface area contributed by atoms with Gasteiger partial charge in [0.25, 0.3) is 5.91 Å². The van der Waals surface area contributed by atoms with Crippen molar-refractivity contribution in [1.29, 1.82) is 0 Å². The molecule has 7 nitrogen and oxygen atoms in total. The average molecular weight is 438 g/mol. The molecule has 0 saturated heterocycles. The number of benzene rings is 3. The third kappa shape index (κ3) is 6.01. The lowest BCUT2D eigenvalue weighted by molar-refractivity contribution is 0.0950. The van der Waals surface area contributed by atoms with Crippen LogP contribution in [0.5, 0.6) is 0 Å². The van der Waals surface area contributed by atoms with Crippen molar-refractivity contribution in [2.24, 2.45) is 0 Å². The maximum atomic E-state index is 12.5. The van der Waals surface area contributed by atoms with Crippen molar-refractivity contribution < 1.29 is 9.59 Å². The molecule has 0 radical (unpaired) electrons. The van der Waals surface area contributed by atoms with Crippen LogP contribution in [0.15, 0.2) is 91.3 Å². The molecule has 0 fully saturated rings. The van der Waals surface area contributed by atoms with E-state index in [1.807, 2.05) is 79.7 Å². The van der Waals surface area contributed by atoms with E-state index in [0.29, 0.717) is 23.6 Å². The minimum absolute atomic E-state index is 0.273. The van der Waals surface area contributed by atoms with Crippen molar-refractivity contribution in [3.8, 4) is 11.4 Å². The first-order valence-electron chi connectivity index (χ1n) is 10.5. The van der Waals surface area contributed by atoms with Crippen LogP contribution < -0.4 is 16.0 Å². The average Bonchev–Trinajstić information content (AvgIpc) is 2.83. The Hall–Kier alpha value is -4.52. The smallest absolute Gasteiger partial charge is 0.323 e. The van der Waals surface area contributed by atoms with E-state index in [0.717, 1.165) is 22.4 Å². The Balaban J connectivity index is 1.32. The zero-order chi connectivity index (χ0) is 23.0. The number of nitrogens with one attached hydrogen (secondary N) is 3. The predicted molar refractivity (Wildman–Crippen MR) is 129 cm³/mol. The van der Waals surface area contributed by atoms with E-state index >= 15 is 0 Å². The lowest BCUT2D eigenvalue weighted by Crippen LogP contribution is -2.23. The second kappa shape index (κ2) is 10.2. The maximum absolute atomic E-state index is 12.5. The topological polar surface area (TPSA) is 96.0 Å². The number of aromatic nitrogens is 2. The Labute approximate surface area is 191 Å². The van der Waals surface area contributed by atoms with Gasteiger partial charge >= 0.3 is 6.03 Å². The molecule has 0 bridgehead atoms. The monoisotopic (exact) mass is 437 g/mol. The van der Waals surface area contributed by atoms with Gasteiger partial charge in [0.05, 0.1) is 5.56 Å². The van der Waals surface area contributed by atoms with E-state index in [-0.39, 0.29) is 11.9 Å². The van der Waals surface area contributed by atoms with Crippen molar-refractivity contribution in [1.82, 2.24) is 15.3 Å². The molecule has 1 aromatic heterocycles. The van der Waals surface area contributed by atoms with Crippen molar-refractivity contribution >= 4 is 23.3 Å². The van der Waals surface area contributed by atoms with E-state index in [4.69, 9.17) is 0 Å². The fraction of sp³-hybridized carbons (Fsp3) is 0.0769. The van der Waals surface area contributed by atoms with Gasteiger partial charge in [-0.2, -0.15) is 0 Å². The number of carbonyl (C=O) groups excluding carboxylic acids is 2. The van der Waals surface area contributed by atoms with Crippen LogP contribution in [0.25, 0.3) is 11.4 Å². The molecule has 0 spiro atoms. The van der Waals surface area contributed by atoms with Crippen LogP contribution in [0.4, 0.5) is 16.2 Å². The Morgan fingerprint density at radius 1 is 0.788 bits per heavy atom. The summed E-state index contributed by atoms with van der Waals surface area (Å²) in [7, 11) is 0. The largest absolute Gasteiger partial charge is 0.348 e. The number of hydrogen-bond acceptors (Lipinski definition) is 4. The highest BCUT2D eigenvalue weighted by atomic mass is 16.2. The minimum atomic E-state index is -0.336. The van der Waals surface area contributed by atoms with Crippen LogP contribution in [0.3, 0.4) is 0 Å². The van der Waals surface area contributed by atoms with Crippen molar-refractivity contribution in [3.63, 3.8) is 0 Å². The summed E-state index contributed by atoms with van der Waals surface area (Å²) in [5.74, 6) is 0.292. The number of carbonyl (C=O) groups is 2. The molecule has 3 N–H and O–H groups in total. The highest BCUT2D eigenvalue weighted by Gasteiger charge is 2.09. The Bertz CT molecular complexity index is 1260. The van der Waals surface area contributed by atoms with Gasteiger partial charge in [-0.25, -0.2) is 14.8 Å². The highest BCUT2D eigenvalue weighted by Crippen LogP contribution is 2.15. The molecular weight excluding hydrogens is 414 g/mol. The fourth-order valence-corrected chi connectivity index (χ4v) is 3.24. The molecule has 164 valence electrons. The van der Waals surface area contributed by atoms with Crippen molar-refractivity contribution in [2.45, 2.75) is 13.5 Å². The standard InChI is InChI=1S/C26H23N5O2/c1-18-7-5-11-22(13-18)30-26(33)31-23-12-6-8-19(14-23)15-29-25(32)21-16-27-24(28-17-21)20-9-3-2-4-10-20/h2-14,16-17H,15H2,1H3,(H,29,32)(H2,30,31,33). The molecule has 0 aliphatic rings. The second-order valence-electron chi connectivity index (χ2n) is 7.49. The Morgan fingerprint density at radius 2 is 1.45 bits per heavy atom. The van der Waals surface area contributed by atoms with Crippen LogP contribution in [0, 0.1) is 6.92 Å². The quantitative estimate of drug-likeness (QED) is 0.394. The first-order chi connectivity index (χ1) is 16.1. The van der Waals surface area contributed by atoms with Gasteiger partial charge in [-0.05, 0) is 42.3 Å². The summed E-state index contributed by atoms with van der Waals surface area (Å²) >= 11 is 0. The first kappa shape index (κ1) is 21.7. The van der Waals surface area contributed by atoms with E-state index in [1.54, 1.807) is 6.07 Å². The molecule has 0 aliphatic carbocycles. The molecule has 7 heteroatoms. The number of urea groups is 1. The Kier molecular flexibility index (Phi) is 6.70. The van der Waals surface area contributed by atoms with Gasteiger partial charge in [0.1, 0.15) is 0 Å². The molecule has 4 aromatic rings. The lowest BCUT2D eigenvalue weighted by Gasteiger charge is -2.10.